The van der Waals surface area contributed by atoms with E-state index >= 15 is 0 Å². The number of amides is 1. The van der Waals surface area contributed by atoms with Gasteiger partial charge in [-0.3, -0.25) is 4.79 Å². The van der Waals surface area contributed by atoms with E-state index < -0.39 is 0 Å². The number of H-pyrrole nitrogens is 1. The zero-order valence-corrected chi connectivity index (χ0v) is 20.3. The number of ether oxygens (including phenoxy) is 1. The Hall–Kier alpha value is -3.46. The Kier molecular flexibility index (Phi) is 6.19. The molecule has 1 aliphatic heterocycles. The molecule has 34 heavy (non-hydrogen) atoms. The average molecular weight is 478 g/mol. The summed E-state index contributed by atoms with van der Waals surface area (Å²) in [4.78, 5) is 20.3. The van der Waals surface area contributed by atoms with Crippen molar-refractivity contribution >= 4 is 34.3 Å². The van der Waals surface area contributed by atoms with E-state index in [1.807, 2.05) is 35.2 Å². The Morgan fingerprint density at radius 2 is 1.91 bits per heavy atom. The van der Waals surface area contributed by atoms with Gasteiger partial charge in [0.15, 0.2) is 0 Å². The first-order valence-electron chi connectivity index (χ1n) is 11.2. The summed E-state index contributed by atoms with van der Waals surface area (Å²) in [7, 11) is 1.68. The third-order valence-corrected chi connectivity index (χ3v) is 7.14. The molecule has 8 nitrogen and oxygen atoms in total. The number of methoxy groups -OCH3 is 1. The van der Waals surface area contributed by atoms with Crippen molar-refractivity contribution in [1.29, 1.82) is 0 Å². The number of hydrogen-bond donors (Lipinski definition) is 1. The van der Waals surface area contributed by atoms with Crippen LogP contribution < -0.4 is 9.64 Å². The van der Waals surface area contributed by atoms with Crippen LogP contribution in [0.4, 0.5) is 5.69 Å². The number of carbonyl (C=O) groups excluding carboxylic acids is 1. The van der Waals surface area contributed by atoms with Gasteiger partial charge in [0.2, 0.25) is 11.8 Å². The molecule has 4 aromatic rings. The second-order valence-corrected chi connectivity index (χ2v) is 9.26. The van der Waals surface area contributed by atoms with Crippen LogP contribution in [0.1, 0.15) is 11.3 Å². The Morgan fingerprint density at radius 3 is 2.71 bits per heavy atom. The van der Waals surface area contributed by atoms with E-state index in [0.29, 0.717) is 24.2 Å². The lowest BCUT2D eigenvalue weighted by Crippen LogP contribution is -2.49. The monoisotopic (exact) mass is 477 g/mol. The van der Waals surface area contributed by atoms with Gasteiger partial charge in [0.05, 0.1) is 18.6 Å². The molecule has 9 heteroatoms. The van der Waals surface area contributed by atoms with Gasteiger partial charge in [-0.2, -0.15) is 0 Å². The molecular formula is C25H27N5O3S. The van der Waals surface area contributed by atoms with Crippen LogP contribution in [0.2, 0.25) is 0 Å². The lowest BCUT2D eigenvalue weighted by atomic mass is 10.1. The fourth-order valence-corrected chi connectivity index (χ4v) is 4.95. The first-order valence-corrected chi connectivity index (χ1v) is 12.2. The van der Waals surface area contributed by atoms with Gasteiger partial charge in [-0.05, 0) is 49.7 Å². The number of nitrogens with zero attached hydrogens (tertiary/aromatic N) is 4. The zero-order chi connectivity index (χ0) is 23.7. The lowest BCUT2D eigenvalue weighted by Gasteiger charge is -2.36. The summed E-state index contributed by atoms with van der Waals surface area (Å²) in [5.74, 6) is 1.65. The maximum atomic E-state index is 12.8. The van der Waals surface area contributed by atoms with Gasteiger partial charge in [0.1, 0.15) is 5.75 Å². The molecule has 0 bridgehead atoms. The molecule has 0 unspecified atom stereocenters. The van der Waals surface area contributed by atoms with Gasteiger partial charge in [-0.25, -0.2) is 0 Å². The van der Waals surface area contributed by atoms with Crippen LogP contribution in [0, 0.1) is 13.8 Å². The first-order chi connectivity index (χ1) is 16.5. The van der Waals surface area contributed by atoms with Crippen LogP contribution in [0.3, 0.4) is 0 Å². The predicted octanol–water partition coefficient (Wildman–Crippen LogP) is 4.28. The minimum absolute atomic E-state index is 0.0734. The van der Waals surface area contributed by atoms with Crippen molar-refractivity contribution in [2.24, 2.45) is 0 Å². The molecule has 2 aromatic heterocycles. The van der Waals surface area contributed by atoms with E-state index in [0.717, 1.165) is 46.7 Å². The molecule has 5 rings (SSSR count). The zero-order valence-electron chi connectivity index (χ0n) is 19.5. The SMILES string of the molecule is COc1ccccc1N1CCN(C(=O)CSc2nnc(-c3ccc4[nH]c(C)c(C)c4c3)o2)CC1. The molecule has 1 aliphatic rings. The fourth-order valence-electron chi connectivity index (χ4n) is 4.28. The lowest BCUT2D eigenvalue weighted by molar-refractivity contribution is -0.128. The number of rotatable bonds is 6. The molecule has 1 N–H and O–H groups in total. The second-order valence-electron chi connectivity index (χ2n) is 8.34. The number of hydrogen-bond acceptors (Lipinski definition) is 7. The van der Waals surface area contributed by atoms with E-state index in [-0.39, 0.29) is 11.7 Å². The maximum absolute atomic E-state index is 12.8. The molecule has 0 atom stereocenters. The van der Waals surface area contributed by atoms with Crippen molar-refractivity contribution in [3.8, 4) is 17.2 Å². The van der Waals surface area contributed by atoms with E-state index in [4.69, 9.17) is 9.15 Å². The van der Waals surface area contributed by atoms with Crippen molar-refractivity contribution < 1.29 is 13.9 Å². The number of anilines is 1. The minimum Gasteiger partial charge on any atom is -0.495 e. The second kappa shape index (κ2) is 9.42. The quantitative estimate of drug-likeness (QED) is 0.415. The highest BCUT2D eigenvalue weighted by Gasteiger charge is 2.23. The minimum atomic E-state index is 0.0734. The van der Waals surface area contributed by atoms with E-state index in [1.54, 1.807) is 7.11 Å². The molecule has 0 aliphatic carbocycles. The first kappa shape index (κ1) is 22.3. The van der Waals surface area contributed by atoms with Crippen molar-refractivity contribution in [1.82, 2.24) is 20.1 Å². The molecule has 1 fully saturated rings. The van der Waals surface area contributed by atoms with Crippen molar-refractivity contribution in [2.45, 2.75) is 19.1 Å². The van der Waals surface area contributed by atoms with Gasteiger partial charge < -0.3 is 23.9 Å². The van der Waals surface area contributed by atoms with Gasteiger partial charge >= 0.3 is 0 Å². The number of aryl methyl sites for hydroxylation is 2. The van der Waals surface area contributed by atoms with Crippen LogP contribution in [-0.4, -0.2) is 65.0 Å². The highest BCUT2D eigenvalue weighted by atomic mass is 32.2. The van der Waals surface area contributed by atoms with Crippen molar-refractivity contribution in [3.05, 3.63) is 53.7 Å². The third-order valence-electron chi connectivity index (χ3n) is 6.34. The molecule has 1 saturated heterocycles. The van der Waals surface area contributed by atoms with Crippen LogP contribution in [-0.2, 0) is 4.79 Å². The van der Waals surface area contributed by atoms with Crippen molar-refractivity contribution in [2.75, 3.05) is 43.9 Å². The summed E-state index contributed by atoms with van der Waals surface area (Å²) in [6.45, 7) is 7.02. The largest absolute Gasteiger partial charge is 0.495 e. The normalized spacial score (nSPS) is 14.1. The number of para-hydroxylation sites is 2. The van der Waals surface area contributed by atoms with Crippen LogP contribution in [0.15, 0.2) is 52.1 Å². The average Bonchev–Trinajstić information content (AvgIpc) is 3.46. The molecule has 0 saturated carbocycles. The number of nitrogens with one attached hydrogen (secondary N) is 1. The number of benzene rings is 2. The molecule has 2 aromatic carbocycles. The predicted molar refractivity (Wildman–Crippen MR) is 134 cm³/mol. The summed E-state index contributed by atoms with van der Waals surface area (Å²) in [6.07, 6.45) is 0. The molecule has 1 amide bonds. The molecule has 0 radical (unpaired) electrons. The molecule has 3 heterocycles. The number of thioether (sulfide) groups is 1. The van der Waals surface area contributed by atoms with Gasteiger partial charge in [0.25, 0.3) is 5.22 Å². The van der Waals surface area contributed by atoms with Gasteiger partial charge in [-0.15, -0.1) is 10.2 Å². The molecular weight excluding hydrogens is 450 g/mol. The highest BCUT2D eigenvalue weighted by Crippen LogP contribution is 2.30. The summed E-state index contributed by atoms with van der Waals surface area (Å²) in [5.41, 5.74) is 5.38. The summed E-state index contributed by atoms with van der Waals surface area (Å²) in [5, 5.41) is 9.87. The van der Waals surface area contributed by atoms with Crippen LogP contribution in [0.25, 0.3) is 22.4 Å². The number of piperazine rings is 1. The standard InChI is InChI=1S/C25H27N5O3S/c1-16-17(2)26-20-9-8-18(14-19(16)20)24-27-28-25(33-24)34-15-23(31)30-12-10-29(11-13-30)21-6-4-5-7-22(21)32-3/h4-9,14,26H,10-13,15H2,1-3H3. The van der Waals surface area contributed by atoms with E-state index in [2.05, 4.69) is 46.1 Å². The Morgan fingerprint density at radius 1 is 1.12 bits per heavy atom. The van der Waals surface area contributed by atoms with Crippen LogP contribution >= 0.6 is 11.8 Å². The number of carbonyl (C=O) groups is 1. The smallest absolute Gasteiger partial charge is 0.277 e. The van der Waals surface area contributed by atoms with E-state index in [1.165, 1.54) is 17.3 Å². The Balaban J connectivity index is 1.17. The summed E-state index contributed by atoms with van der Waals surface area (Å²) in [6, 6.07) is 14.0. The maximum Gasteiger partial charge on any atom is 0.277 e. The molecule has 0 spiro atoms. The molecule has 176 valence electrons. The number of fused-ring (bicyclic) bond motifs is 1. The number of aromatic amines is 1. The summed E-state index contributed by atoms with van der Waals surface area (Å²) >= 11 is 1.28. The van der Waals surface area contributed by atoms with Gasteiger partial charge in [-0.1, -0.05) is 23.9 Å². The van der Waals surface area contributed by atoms with Crippen LogP contribution in [0.5, 0.6) is 5.75 Å². The fraction of sp³-hybridized carbons (Fsp3) is 0.320. The Bertz CT molecular complexity index is 1320. The van der Waals surface area contributed by atoms with Gasteiger partial charge in [0, 0.05) is 48.3 Å². The topological polar surface area (TPSA) is 87.5 Å². The Labute approximate surface area is 202 Å². The number of aromatic nitrogens is 3. The van der Waals surface area contributed by atoms with Crippen molar-refractivity contribution in [3.63, 3.8) is 0 Å². The van der Waals surface area contributed by atoms with E-state index in [9.17, 15) is 4.79 Å². The third kappa shape index (κ3) is 4.35. The summed E-state index contributed by atoms with van der Waals surface area (Å²) < 4.78 is 11.3. The highest BCUT2D eigenvalue weighted by molar-refractivity contribution is 7.99.